The molecule has 1 unspecified atom stereocenters. The molecule has 1 aliphatic rings. The Bertz CT molecular complexity index is 542. The zero-order valence-electron chi connectivity index (χ0n) is 9.32. The normalized spacial score (nSPS) is 19.9. The third kappa shape index (κ3) is 1.75. The van der Waals surface area contributed by atoms with Gasteiger partial charge in [0.15, 0.2) is 0 Å². The Morgan fingerprint density at radius 3 is 2.88 bits per heavy atom. The molecule has 1 atom stereocenters. The number of nitrogens with zero attached hydrogens (tertiary/aromatic N) is 1. The predicted octanol–water partition coefficient (Wildman–Crippen LogP) is 0.228. The van der Waals surface area contributed by atoms with Gasteiger partial charge in [0, 0.05) is 12.6 Å². The van der Waals surface area contributed by atoms with Crippen LogP contribution >= 0.6 is 0 Å². The van der Waals surface area contributed by atoms with Crippen molar-refractivity contribution in [2.24, 2.45) is 5.73 Å². The van der Waals surface area contributed by atoms with Gasteiger partial charge in [0.1, 0.15) is 17.8 Å². The summed E-state index contributed by atoms with van der Waals surface area (Å²) >= 11 is 0. The lowest BCUT2D eigenvalue weighted by atomic mass is 10.0. The summed E-state index contributed by atoms with van der Waals surface area (Å²) in [7, 11) is 1.49. The van der Waals surface area contributed by atoms with E-state index in [2.05, 4.69) is 10.6 Å². The van der Waals surface area contributed by atoms with Crippen molar-refractivity contribution in [1.29, 1.82) is 5.26 Å². The van der Waals surface area contributed by atoms with E-state index in [0.717, 1.165) is 11.1 Å². The van der Waals surface area contributed by atoms with E-state index in [1.165, 1.54) is 7.05 Å². The van der Waals surface area contributed by atoms with Crippen LogP contribution in [0.1, 0.15) is 17.3 Å². The number of nitrogens with two attached hydrogens (primary N) is 1. The molecule has 17 heavy (non-hydrogen) atoms. The molecular formula is C12H12N4O. The molecule has 0 fully saturated rings. The molecule has 1 aromatic carbocycles. The smallest absolute Gasteiger partial charge is 0.263 e. The predicted molar refractivity (Wildman–Crippen MR) is 63.1 cm³/mol. The largest absolute Gasteiger partial charge is 0.364 e. The second-order valence-corrected chi connectivity index (χ2v) is 3.65. The maximum Gasteiger partial charge on any atom is 0.263 e. The highest BCUT2D eigenvalue weighted by Crippen LogP contribution is 2.31. The SMILES string of the molecule is CNC(=O)/C(C#N)=C1\NC(N)c2ccccc21. The molecule has 5 heteroatoms. The van der Waals surface area contributed by atoms with Crippen molar-refractivity contribution in [3.05, 3.63) is 41.0 Å². The molecule has 4 N–H and O–H groups in total. The zero-order chi connectivity index (χ0) is 12.4. The average molecular weight is 228 g/mol. The Balaban J connectivity index is 2.60. The van der Waals surface area contributed by atoms with Crippen LogP contribution in [0.2, 0.25) is 0 Å². The number of carbonyl (C=O) groups excluding carboxylic acids is 1. The Kier molecular flexibility index (Phi) is 2.81. The van der Waals surface area contributed by atoms with Crippen LogP contribution in [0.3, 0.4) is 0 Å². The summed E-state index contributed by atoms with van der Waals surface area (Å²) in [5.74, 6) is -0.418. The van der Waals surface area contributed by atoms with Crippen LogP contribution in [0.25, 0.3) is 5.70 Å². The van der Waals surface area contributed by atoms with Crippen LogP contribution in [0.15, 0.2) is 29.8 Å². The van der Waals surface area contributed by atoms with Crippen LogP contribution < -0.4 is 16.4 Å². The second-order valence-electron chi connectivity index (χ2n) is 3.65. The standard InChI is InChI=1S/C12H12N4O/c1-15-12(17)9(6-13)10-7-4-2-3-5-8(7)11(14)16-10/h2-5,11,16H,14H2,1H3,(H,15,17)/b10-9-. The van der Waals surface area contributed by atoms with Crippen LogP contribution in [0.4, 0.5) is 0 Å². The molecule has 86 valence electrons. The number of carbonyl (C=O) groups is 1. The monoisotopic (exact) mass is 228 g/mol. The summed E-state index contributed by atoms with van der Waals surface area (Å²) in [6.45, 7) is 0. The van der Waals surface area contributed by atoms with Crippen molar-refractivity contribution in [2.45, 2.75) is 6.17 Å². The average Bonchev–Trinajstić information content (AvgIpc) is 2.68. The van der Waals surface area contributed by atoms with Gasteiger partial charge in [-0.15, -0.1) is 0 Å². The number of nitrogens with one attached hydrogen (secondary N) is 2. The van der Waals surface area contributed by atoms with Gasteiger partial charge in [-0.3, -0.25) is 4.79 Å². The summed E-state index contributed by atoms with van der Waals surface area (Å²) in [6.07, 6.45) is -0.380. The van der Waals surface area contributed by atoms with E-state index in [9.17, 15) is 4.79 Å². The molecule has 1 aliphatic heterocycles. The third-order valence-electron chi connectivity index (χ3n) is 2.68. The molecule has 1 aromatic rings. The van der Waals surface area contributed by atoms with E-state index in [0.29, 0.717) is 5.70 Å². The highest BCUT2D eigenvalue weighted by atomic mass is 16.1. The first-order valence-corrected chi connectivity index (χ1v) is 5.17. The fourth-order valence-corrected chi connectivity index (χ4v) is 1.86. The molecule has 0 spiro atoms. The molecule has 1 heterocycles. The van der Waals surface area contributed by atoms with Gasteiger partial charge in [0.2, 0.25) is 0 Å². The molecule has 1 amide bonds. The molecule has 0 radical (unpaired) electrons. The Hall–Kier alpha value is -2.32. The lowest BCUT2D eigenvalue weighted by Crippen LogP contribution is -2.25. The topological polar surface area (TPSA) is 90.9 Å². The highest BCUT2D eigenvalue weighted by molar-refractivity contribution is 6.05. The van der Waals surface area contributed by atoms with Gasteiger partial charge in [-0.1, -0.05) is 24.3 Å². The summed E-state index contributed by atoms with van der Waals surface area (Å²) < 4.78 is 0. The minimum atomic E-state index is -0.418. The summed E-state index contributed by atoms with van der Waals surface area (Å²) in [5, 5.41) is 14.4. The molecule has 0 saturated carbocycles. The first kappa shape index (κ1) is 11.2. The van der Waals surface area contributed by atoms with Crippen molar-refractivity contribution in [1.82, 2.24) is 10.6 Å². The van der Waals surface area contributed by atoms with E-state index in [1.807, 2.05) is 30.3 Å². The lowest BCUT2D eigenvalue weighted by Gasteiger charge is -2.06. The lowest BCUT2D eigenvalue weighted by molar-refractivity contribution is -0.116. The number of nitriles is 1. The summed E-state index contributed by atoms with van der Waals surface area (Å²) in [6, 6.07) is 9.33. The number of hydrogen-bond acceptors (Lipinski definition) is 4. The third-order valence-corrected chi connectivity index (χ3v) is 2.68. The van der Waals surface area contributed by atoms with Crippen LogP contribution in [0, 0.1) is 11.3 Å². The van der Waals surface area contributed by atoms with Gasteiger partial charge in [-0.25, -0.2) is 0 Å². The minimum Gasteiger partial charge on any atom is -0.364 e. The molecule has 0 aromatic heterocycles. The van der Waals surface area contributed by atoms with Gasteiger partial charge in [-0.05, 0) is 5.56 Å². The van der Waals surface area contributed by atoms with E-state index in [1.54, 1.807) is 0 Å². The van der Waals surface area contributed by atoms with E-state index < -0.39 is 5.91 Å². The Morgan fingerprint density at radius 1 is 1.53 bits per heavy atom. The maximum atomic E-state index is 11.6. The molecule has 2 rings (SSSR count). The van der Waals surface area contributed by atoms with Gasteiger partial charge >= 0.3 is 0 Å². The molecule has 0 aliphatic carbocycles. The molecular weight excluding hydrogens is 216 g/mol. The molecule has 5 nitrogen and oxygen atoms in total. The van der Waals surface area contributed by atoms with Crippen molar-refractivity contribution >= 4 is 11.6 Å². The number of rotatable bonds is 1. The highest BCUT2D eigenvalue weighted by Gasteiger charge is 2.27. The van der Waals surface area contributed by atoms with E-state index >= 15 is 0 Å². The zero-order valence-corrected chi connectivity index (χ0v) is 9.32. The van der Waals surface area contributed by atoms with E-state index in [4.69, 9.17) is 11.0 Å². The Labute approximate surface area is 98.9 Å². The number of fused-ring (bicyclic) bond motifs is 1. The number of hydrogen-bond donors (Lipinski definition) is 3. The van der Waals surface area contributed by atoms with Crippen molar-refractivity contribution in [3.63, 3.8) is 0 Å². The molecule has 0 bridgehead atoms. The summed E-state index contributed by atoms with van der Waals surface area (Å²) in [5.41, 5.74) is 8.12. The van der Waals surface area contributed by atoms with Gasteiger partial charge in [0.25, 0.3) is 5.91 Å². The molecule has 0 saturated heterocycles. The number of amides is 1. The minimum absolute atomic E-state index is 0.0490. The van der Waals surface area contributed by atoms with Crippen molar-refractivity contribution in [3.8, 4) is 6.07 Å². The fraction of sp³-hybridized carbons (Fsp3) is 0.167. The van der Waals surface area contributed by atoms with Gasteiger partial charge in [-0.2, -0.15) is 5.26 Å². The number of benzene rings is 1. The fourth-order valence-electron chi connectivity index (χ4n) is 1.86. The van der Waals surface area contributed by atoms with Crippen molar-refractivity contribution in [2.75, 3.05) is 7.05 Å². The quantitative estimate of drug-likeness (QED) is 0.474. The maximum absolute atomic E-state index is 11.6. The van der Waals surface area contributed by atoms with Crippen LogP contribution in [-0.2, 0) is 4.79 Å². The summed E-state index contributed by atoms with van der Waals surface area (Å²) in [4.78, 5) is 11.6. The van der Waals surface area contributed by atoms with Crippen LogP contribution in [0.5, 0.6) is 0 Å². The second kappa shape index (κ2) is 4.28. The first-order chi connectivity index (χ1) is 8.19. The van der Waals surface area contributed by atoms with Crippen molar-refractivity contribution < 1.29 is 4.79 Å². The van der Waals surface area contributed by atoms with Gasteiger partial charge in [0.05, 0.1) is 5.70 Å². The van der Waals surface area contributed by atoms with E-state index in [-0.39, 0.29) is 11.7 Å². The first-order valence-electron chi connectivity index (χ1n) is 5.17. The Morgan fingerprint density at radius 2 is 2.24 bits per heavy atom. The number of likely N-dealkylation sites (N-methyl/N-ethyl adjacent to an activating group) is 1. The van der Waals surface area contributed by atoms with Gasteiger partial charge < -0.3 is 16.4 Å². The van der Waals surface area contributed by atoms with Crippen LogP contribution in [-0.4, -0.2) is 13.0 Å².